The lowest BCUT2D eigenvalue weighted by molar-refractivity contribution is -0.122. The Labute approximate surface area is 116 Å². The fourth-order valence-corrected chi connectivity index (χ4v) is 1.88. The maximum absolute atomic E-state index is 11.6. The topological polar surface area (TPSA) is 98.2 Å². The first-order valence-electron chi connectivity index (χ1n) is 7.34. The first kappa shape index (κ1) is 18.1. The van der Waals surface area contributed by atoms with Crippen LogP contribution in [0.4, 0.5) is 0 Å². The molecule has 5 heteroatoms. The van der Waals surface area contributed by atoms with E-state index >= 15 is 0 Å². The number of hydrogen-bond donors (Lipinski definition) is 3. The van der Waals surface area contributed by atoms with Gasteiger partial charge in [-0.2, -0.15) is 0 Å². The molecule has 5 nitrogen and oxygen atoms in total. The molecular formula is C14H29N3O2. The monoisotopic (exact) mass is 271 g/mol. The third kappa shape index (κ3) is 9.62. The lowest BCUT2D eigenvalue weighted by atomic mass is 10.0. The van der Waals surface area contributed by atoms with Gasteiger partial charge in [0.2, 0.25) is 5.91 Å². The van der Waals surface area contributed by atoms with Crippen molar-refractivity contribution in [3.8, 4) is 0 Å². The normalized spacial score (nSPS) is 13.8. The molecule has 0 spiro atoms. The van der Waals surface area contributed by atoms with E-state index in [-0.39, 0.29) is 11.8 Å². The molecule has 0 aromatic carbocycles. The summed E-state index contributed by atoms with van der Waals surface area (Å²) in [6.07, 6.45) is 7.15. The van der Waals surface area contributed by atoms with Gasteiger partial charge in [-0.3, -0.25) is 4.79 Å². The summed E-state index contributed by atoms with van der Waals surface area (Å²) in [5.41, 5.74) is 11.2. The average molecular weight is 271 g/mol. The van der Waals surface area contributed by atoms with Gasteiger partial charge in [0.25, 0.3) is 0 Å². The minimum atomic E-state index is -0.426. The van der Waals surface area contributed by atoms with Crippen LogP contribution in [0.15, 0.2) is 0 Å². The average Bonchev–Trinajstić information content (AvgIpc) is 2.42. The first-order valence-corrected chi connectivity index (χ1v) is 7.34. The second kappa shape index (κ2) is 12.1. The van der Waals surface area contributed by atoms with E-state index in [0.717, 1.165) is 44.8 Å². The predicted octanol–water partition coefficient (Wildman–Crippen LogP) is 0.954. The van der Waals surface area contributed by atoms with Crippen LogP contribution in [0.1, 0.15) is 51.9 Å². The van der Waals surface area contributed by atoms with E-state index in [4.69, 9.17) is 11.5 Å². The van der Waals surface area contributed by atoms with Crippen LogP contribution in [0.25, 0.3) is 0 Å². The molecule has 0 aliphatic carbocycles. The highest BCUT2D eigenvalue weighted by Crippen LogP contribution is 2.09. The summed E-state index contributed by atoms with van der Waals surface area (Å²) in [5, 5.41) is 2.84. The van der Waals surface area contributed by atoms with Gasteiger partial charge < -0.3 is 21.6 Å². The zero-order valence-electron chi connectivity index (χ0n) is 12.1. The number of aldehydes is 1. The van der Waals surface area contributed by atoms with Gasteiger partial charge in [0.05, 0.1) is 6.04 Å². The molecule has 0 aromatic heterocycles. The Kier molecular flexibility index (Phi) is 11.5. The molecule has 2 atom stereocenters. The van der Waals surface area contributed by atoms with E-state index in [1.165, 1.54) is 0 Å². The van der Waals surface area contributed by atoms with Gasteiger partial charge in [0.1, 0.15) is 6.29 Å². The third-order valence-electron chi connectivity index (χ3n) is 3.32. The molecule has 0 heterocycles. The number of rotatable bonds is 12. The number of amides is 1. The molecule has 1 amide bonds. The van der Waals surface area contributed by atoms with E-state index < -0.39 is 6.04 Å². The van der Waals surface area contributed by atoms with Crippen molar-refractivity contribution >= 4 is 12.2 Å². The van der Waals surface area contributed by atoms with Crippen molar-refractivity contribution in [1.82, 2.24) is 5.32 Å². The van der Waals surface area contributed by atoms with Crippen molar-refractivity contribution in [3.05, 3.63) is 0 Å². The van der Waals surface area contributed by atoms with Gasteiger partial charge in [-0.15, -0.1) is 0 Å². The lowest BCUT2D eigenvalue weighted by Crippen LogP contribution is -2.40. The molecule has 112 valence electrons. The number of carbonyl (C=O) groups excluding carboxylic acids is 2. The standard InChI is InChI=1S/C14H29N3O2/c1-2-12(11-18)7-4-6-10-17-14(19)13(16)8-3-5-9-15/h11-13H,2-10,15-16H2,1H3,(H,17,19). The summed E-state index contributed by atoms with van der Waals surface area (Å²) < 4.78 is 0. The van der Waals surface area contributed by atoms with Gasteiger partial charge in [0.15, 0.2) is 0 Å². The van der Waals surface area contributed by atoms with Crippen molar-refractivity contribution in [3.63, 3.8) is 0 Å². The van der Waals surface area contributed by atoms with Crippen LogP contribution in [0.5, 0.6) is 0 Å². The minimum Gasteiger partial charge on any atom is -0.355 e. The lowest BCUT2D eigenvalue weighted by Gasteiger charge is -2.12. The molecule has 0 fully saturated rings. The number of nitrogens with two attached hydrogens (primary N) is 2. The smallest absolute Gasteiger partial charge is 0.236 e. The molecule has 0 bridgehead atoms. The van der Waals surface area contributed by atoms with E-state index in [1.807, 2.05) is 6.92 Å². The molecular weight excluding hydrogens is 242 g/mol. The molecule has 0 saturated heterocycles. The largest absolute Gasteiger partial charge is 0.355 e. The molecule has 0 aromatic rings. The van der Waals surface area contributed by atoms with E-state index in [9.17, 15) is 9.59 Å². The Morgan fingerprint density at radius 2 is 1.89 bits per heavy atom. The van der Waals surface area contributed by atoms with Crippen LogP contribution < -0.4 is 16.8 Å². The zero-order valence-corrected chi connectivity index (χ0v) is 12.1. The molecule has 0 aliphatic heterocycles. The molecule has 5 N–H and O–H groups in total. The zero-order chi connectivity index (χ0) is 14.5. The van der Waals surface area contributed by atoms with Gasteiger partial charge in [-0.25, -0.2) is 0 Å². The summed E-state index contributed by atoms with van der Waals surface area (Å²) in [7, 11) is 0. The summed E-state index contributed by atoms with van der Waals surface area (Å²) in [6, 6.07) is -0.426. The molecule has 0 aliphatic rings. The molecule has 2 unspecified atom stereocenters. The van der Waals surface area contributed by atoms with Crippen molar-refractivity contribution in [2.24, 2.45) is 17.4 Å². The molecule has 19 heavy (non-hydrogen) atoms. The molecule has 0 rings (SSSR count). The van der Waals surface area contributed by atoms with Crippen LogP contribution >= 0.6 is 0 Å². The van der Waals surface area contributed by atoms with Crippen molar-refractivity contribution < 1.29 is 9.59 Å². The fourth-order valence-electron chi connectivity index (χ4n) is 1.88. The summed E-state index contributed by atoms with van der Waals surface area (Å²) in [6.45, 7) is 3.30. The summed E-state index contributed by atoms with van der Waals surface area (Å²) in [4.78, 5) is 22.3. The third-order valence-corrected chi connectivity index (χ3v) is 3.32. The van der Waals surface area contributed by atoms with E-state index in [0.29, 0.717) is 19.5 Å². The number of carbonyl (C=O) groups is 2. The van der Waals surface area contributed by atoms with Crippen molar-refractivity contribution in [2.75, 3.05) is 13.1 Å². The first-order chi connectivity index (χ1) is 9.15. The second-order valence-electron chi connectivity index (χ2n) is 4.98. The Morgan fingerprint density at radius 1 is 1.21 bits per heavy atom. The van der Waals surface area contributed by atoms with E-state index in [1.54, 1.807) is 0 Å². The maximum Gasteiger partial charge on any atom is 0.236 e. The van der Waals surface area contributed by atoms with Gasteiger partial charge >= 0.3 is 0 Å². The number of nitrogens with one attached hydrogen (secondary N) is 1. The van der Waals surface area contributed by atoms with Gasteiger partial charge in [0, 0.05) is 12.5 Å². The van der Waals surface area contributed by atoms with E-state index in [2.05, 4.69) is 5.32 Å². The van der Waals surface area contributed by atoms with Gasteiger partial charge in [-0.05, 0) is 38.6 Å². The number of unbranched alkanes of at least 4 members (excludes halogenated alkanes) is 2. The predicted molar refractivity (Wildman–Crippen MR) is 77.6 cm³/mol. The maximum atomic E-state index is 11.6. The minimum absolute atomic E-state index is 0.0838. The highest BCUT2D eigenvalue weighted by atomic mass is 16.2. The van der Waals surface area contributed by atoms with Crippen LogP contribution in [0.3, 0.4) is 0 Å². The van der Waals surface area contributed by atoms with Crippen LogP contribution in [-0.4, -0.2) is 31.3 Å². The SMILES string of the molecule is CCC(C=O)CCCCNC(=O)C(N)CCCCN. The highest BCUT2D eigenvalue weighted by Gasteiger charge is 2.11. The Hall–Kier alpha value is -0.940. The van der Waals surface area contributed by atoms with Crippen LogP contribution in [0, 0.1) is 5.92 Å². The quantitative estimate of drug-likeness (QED) is 0.363. The summed E-state index contributed by atoms with van der Waals surface area (Å²) in [5.74, 6) is 0.0775. The Morgan fingerprint density at radius 3 is 2.47 bits per heavy atom. The van der Waals surface area contributed by atoms with Crippen molar-refractivity contribution in [2.45, 2.75) is 57.9 Å². The molecule has 0 saturated carbocycles. The number of hydrogen-bond acceptors (Lipinski definition) is 4. The van der Waals surface area contributed by atoms with Crippen LogP contribution in [0.2, 0.25) is 0 Å². The summed E-state index contributed by atoms with van der Waals surface area (Å²) >= 11 is 0. The molecule has 0 radical (unpaired) electrons. The Balaban J connectivity index is 3.54. The fraction of sp³-hybridized carbons (Fsp3) is 0.857. The van der Waals surface area contributed by atoms with Crippen LogP contribution in [-0.2, 0) is 9.59 Å². The van der Waals surface area contributed by atoms with Gasteiger partial charge in [-0.1, -0.05) is 19.8 Å². The highest BCUT2D eigenvalue weighted by molar-refractivity contribution is 5.81. The van der Waals surface area contributed by atoms with Crippen molar-refractivity contribution in [1.29, 1.82) is 0 Å². The second-order valence-corrected chi connectivity index (χ2v) is 4.98. The Bertz CT molecular complexity index is 247.